The topological polar surface area (TPSA) is 50.7 Å². The van der Waals surface area contributed by atoms with Gasteiger partial charge >= 0.3 is 0 Å². The average molecular weight is 492 g/mol. The Morgan fingerprint density at radius 1 is 1.00 bits per heavy atom. The molecule has 0 radical (unpaired) electrons. The number of para-hydroxylation sites is 1. The van der Waals surface area contributed by atoms with Crippen molar-refractivity contribution in [1.29, 1.82) is 0 Å². The molecule has 29 heavy (non-hydrogen) atoms. The Labute approximate surface area is 187 Å². The van der Waals surface area contributed by atoms with Crippen molar-refractivity contribution in [2.24, 2.45) is 5.10 Å². The van der Waals surface area contributed by atoms with Crippen LogP contribution >= 0.6 is 39.1 Å². The van der Waals surface area contributed by atoms with Crippen molar-refractivity contribution in [2.75, 3.05) is 0 Å². The molecule has 0 saturated heterocycles. The third kappa shape index (κ3) is 6.60. The molecule has 7 heteroatoms. The second-order valence-corrected chi connectivity index (χ2v) is 7.90. The van der Waals surface area contributed by atoms with E-state index >= 15 is 0 Å². The molecule has 0 fully saturated rings. The van der Waals surface area contributed by atoms with Gasteiger partial charge in [-0.15, -0.1) is 0 Å². The quantitative estimate of drug-likeness (QED) is 0.324. The zero-order valence-corrected chi connectivity index (χ0v) is 18.3. The normalized spacial score (nSPS) is 10.9. The molecule has 0 aliphatic rings. The van der Waals surface area contributed by atoms with Crippen LogP contribution in [0, 0.1) is 0 Å². The van der Waals surface area contributed by atoms with Crippen molar-refractivity contribution in [3.63, 3.8) is 0 Å². The minimum atomic E-state index is -0.197. The molecule has 1 N–H and O–H groups in total. The van der Waals surface area contributed by atoms with Gasteiger partial charge in [-0.25, -0.2) is 5.43 Å². The van der Waals surface area contributed by atoms with Gasteiger partial charge in [-0.1, -0.05) is 69.5 Å². The standard InChI is InChI=1S/C22H17BrCl2N2O2/c23-18-8-5-15(6-9-18)12-22(28)27-26-13-17-3-1-2-4-21(17)29-14-16-7-10-19(24)20(25)11-16/h1-11,13H,12,14H2,(H,27,28)/b26-13+. The SMILES string of the molecule is O=C(Cc1ccc(Br)cc1)N/N=C/c1ccccc1OCc1ccc(Cl)c(Cl)c1. The van der Waals surface area contributed by atoms with Crippen molar-refractivity contribution >= 4 is 51.3 Å². The molecule has 0 saturated carbocycles. The number of hydrazone groups is 1. The third-order valence-corrected chi connectivity index (χ3v) is 5.24. The Morgan fingerprint density at radius 3 is 2.48 bits per heavy atom. The van der Waals surface area contributed by atoms with Crippen molar-refractivity contribution in [1.82, 2.24) is 5.43 Å². The lowest BCUT2D eigenvalue weighted by Crippen LogP contribution is -2.19. The van der Waals surface area contributed by atoms with Crippen LogP contribution in [0.25, 0.3) is 0 Å². The van der Waals surface area contributed by atoms with Crippen molar-refractivity contribution < 1.29 is 9.53 Å². The highest BCUT2D eigenvalue weighted by Crippen LogP contribution is 2.24. The van der Waals surface area contributed by atoms with Crippen LogP contribution in [0.5, 0.6) is 5.75 Å². The van der Waals surface area contributed by atoms with Crippen LogP contribution in [0.2, 0.25) is 10.0 Å². The van der Waals surface area contributed by atoms with Gasteiger partial charge in [0, 0.05) is 10.0 Å². The van der Waals surface area contributed by atoms with Gasteiger partial charge in [0.05, 0.1) is 22.7 Å². The van der Waals surface area contributed by atoms with Crippen LogP contribution in [0.1, 0.15) is 16.7 Å². The third-order valence-electron chi connectivity index (χ3n) is 3.97. The average Bonchev–Trinajstić information content (AvgIpc) is 2.71. The lowest BCUT2D eigenvalue weighted by molar-refractivity contribution is -0.120. The largest absolute Gasteiger partial charge is 0.488 e. The van der Waals surface area contributed by atoms with Crippen molar-refractivity contribution in [2.45, 2.75) is 13.0 Å². The summed E-state index contributed by atoms with van der Waals surface area (Å²) in [5.74, 6) is 0.447. The highest BCUT2D eigenvalue weighted by molar-refractivity contribution is 9.10. The number of amides is 1. The molecule has 4 nitrogen and oxygen atoms in total. The van der Waals surface area contributed by atoms with E-state index in [-0.39, 0.29) is 12.3 Å². The fourth-order valence-electron chi connectivity index (χ4n) is 2.51. The maximum Gasteiger partial charge on any atom is 0.244 e. The Kier molecular flexibility index (Phi) is 7.69. The van der Waals surface area contributed by atoms with Gasteiger partial charge in [0.2, 0.25) is 5.91 Å². The van der Waals surface area contributed by atoms with Crippen LogP contribution in [0.15, 0.2) is 76.3 Å². The first kappa shape index (κ1) is 21.4. The Balaban J connectivity index is 1.58. The van der Waals surface area contributed by atoms with E-state index in [9.17, 15) is 4.79 Å². The van der Waals surface area contributed by atoms with Crippen molar-refractivity contribution in [3.05, 3.63) is 97.9 Å². The summed E-state index contributed by atoms with van der Waals surface area (Å²) in [5, 5.41) is 5.03. The lowest BCUT2D eigenvalue weighted by atomic mass is 10.1. The van der Waals surface area contributed by atoms with Crippen molar-refractivity contribution in [3.8, 4) is 5.75 Å². The molecule has 3 aromatic rings. The lowest BCUT2D eigenvalue weighted by Gasteiger charge is -2.09. The van der Waals surface area contributed by atoms with E-state index in [2.05, 4.69) is 26.5 Å². The number of halogens is 3. The van der Waals surface area contributed by atoms with Crippen LogP contribution in [0.3, 0.4) is 0 Å². The van der Waals surface area contributed by atoms with Gasteiger partial charge in [0.1, 0.15) is 12.4 Å². The maximum absolute atomic E-state index is 12.1. The van der Waals surface area contributed by atoms with E-state index in [1.165, 1.54) is 0 Å². The fourth-order valence-corrected chi connectivity index (χ4v) is 3.10. The summed E-state index contributed by atoms with van der Waals surface area (Å²) in [7, 11) is 0. The number of nitrogens with one attached hydrogen (secondary N) is 1. The van der Waals surface area contributed by atoms with Gasteiger partial charge in [0.25, 0.3) is 0 Å². The number of hydrogen-bond donors (Lipinski definition) is 1. The predicted molar refractivity (Wildman–Crippen MR) is 121 cm³/mol. The summed E-state index contributed by atoms with van der Waals surface area (Å²) in [6.07, 6.45) is 1.81. The minimum Gasteiger partial charge on any atom is -0.488 e. The minimum absolute atomic E-state index is 0.197. The molecule has 3 rings (SSSR count). The summed E-state index contributed by atoms with van der Waals surface area (Å²) in [6.45, 7) is 0.331. The van der Waals surface area contributed by atoms with Crippen LogP contribution in [-0.2, 0) is 17.8 Å². The number of carbonyl (C=O) groups is 1. The molecule has 1 amide bonds. The molecule has 0 unspecified atom stereocenters. The second kappa shape index (κ2) is 10.4. The van der Waals surface area contributed by atoms with E-state index in [4.69, 9.17) is 27.9 Å². The molecular formula is C22H17BrCl2N2O2. The smallest absolute Gasteiger partial charge is 0.244 e. The number of carbonyl (C=O) groups excluding carboxylic acids is 1. The van der Waals surface area contributed by atoms with Gasteiger partial charge in [-0.2, -0.15) is 5.10 Å². The first-order valence-electron chi connectivity index (χ1n) is 8.73. The van der Waals surface area contributed by atoms with Gasteiger partial charge in [0.15, 0.2) is 0 Å². The summed E-state index contributed by atoms with van der Waals surface area (Å²) in [5.41, 5.74) is 5.09. The molecular weight excluding hydrogens is 475 g/mol. The van der Waals surface area contributed by atoms with E-state index in [1.54, 1.807) is 18.3 Å². The highest BCUT2D eigenvalue weighted by atomic mass is 79.9. The summed E-state index contributed by atoms with van der Waals surface area (Å²) in [4.78, 5) is 12.1. The first-order chi connectivity index (χ1) is 14.0. The molecule has 0 heterocycles. The predicted octanol–water partition coefficient (Wildman–Crippen LogP) is 6.03. The molecule has 148 valence electrons. The van der Waals surface area contributed by atoms with Gasteiger partial charge < -0.3 is 4.74 Å². The number of rotatable bonds is 7. The zero-order valence-electron chi connectivity index (χ0n) is 15.2. The van der Waals surface area contributed by atoms with E-state index < -0.39 is 0 Å². The van der Waals surface area contributed by atoms with Crippen LogP contribution < -0.4 is 10.2 Å². The van der Waals surface area contributed by atoms with Crippen LogP contribution in [-0.4, -0.2) is 12.1 Å². The fraction of sp³-hybridized carbons (Fsp3) is 0.0909. The first-order valence-corrected chi connectivity index (χ1v) is 10.3. The second-order valence-electron chi connectivity index (χ2n) is 6.17. The molecule has 0 aliphatic heterocycles. The van der Waals surface area contributed by atoms with E-state index in [0.29, 0.717) is 22.4 Å². The Morgan fingerprint density at radius 2 is 1.72 bits per heavy atom. The summed E-state index contributed by atoms with van der Waals surface area (Å²) in [6, 6.07) is 20.4. The van der Waals surface area contributed by atoms with Gasteiger partial charge in [-0.3, -0.25) is 4.79 Å². The van der Waals surface area contributed by atoms with E-state index in [1.807, 2.05) is 54.6 Å². The molecule has 3 aromatic carbocycles. The van der Waals surface area contributed by atoms with Crippen LogP contribution in [0.4, 0.5) is 0 Å². The molecule has 0 bridgehead atoms. The molecule has 0 atom stereocenters. The number of hydrogen-bond acceptors (Lipinski definition) is 3. The monoisotopic (exact) mass is 490 g/mol. The Hall–Kier alpha value is -2.34. The van der Waals surface area contributed by atoms with Gasteiger partial charge in [-0.05, 0) is 47.5 Å². The summed E-state index contributed by atoms with van der Waals surface area (Å²) < 4.78 is 6.84. The number of ether oxygens (including phenoxy) is 1. The Bertz CT molecular complexity index is 1020. The number of nitrogens with zero attached hydrogens (tertiary/aromatic N) is 1. The number of benzene rings is 3. The van der Waals surface area contributed by atoms with E-state index in [0.717, 1.165) is 21.2 Å². The molecule has 0 spiro atoms. The maximum atomic E-state index is 12.1. The zero-order chi connectivity index (χ0) is 20.6. The molecule has 0 aliphatic carbocycles. The molecule has 0 aromatic heterocycles. The highest BCUT2D eigenvalue weighted by Gasteiger charge is 2.05. The summed E-state index contributed by atoms with van der Waals surface area (Å²) >= 11 is 15.3.